The van der Waals surface area contributed by atoms with Crippen LogP contribution in [0.2, 0.25) is 5.02 Å². The van der Waals surface area contributed by atoms with Crippen LogP contribution in [0.4, 0.5) is 0 Å². The topological polar surface area (TPSA) is 74.6 Å². The van der Waals surface area contributed by atoms with E-state index in [1.807, 2.05) is 0 Å². The summed E-state index contributed by atoms with van der Waals surface area (Å²) >= 11 is 3.91. The van der Waals surface area contributed by atoms with Gasteiger partial charge in [0, 0.05) is 9.92 Å². The monoisotopic (exact) mass is 330 g/mol. The Morgan fingerprint density at radius 1 is 1.05 bits per heavy atom. The summed E-state index contributed by atoms with van der Waals surface area (Å²) in [6.07, 6.45) is 0. The molecule has 0 saturated carbocycles. The molecule has 0 heterocycles. The van der Waals surface area contributed by atoms with E-state index in [-0.39, 0.29) is 16.4 Å². The molecular weight excluding hydrogens is 320 g/mol. The van der Waals surface area contributed by atoms with Gasteiger partial charge in [-0.3, -0.25) is 0 Å². The molecule has 0 amide bonds. The second-order valence-electron chi connectivity index (χ2n) is 3.99. The zero-order chi connectivity index (χ0) is 14.7. The molecule has 4 nitrogen and oxygen atoms in total. The maximum atomic E-state index is 12.3. The standard InChI is InChI=1S/C13H11ClO4S2/c14-10-3-6-12(15)13(7-10)20(18)11-4-1-9(2-5-11)8-19(16)17/h1-7,15H,8H2,(H,16,17). The Hall–Kier alpha value is -1.21. The van der Waals surface area contributed by atoms with Crippen molar-refractivity contribution in [2.24, 2.45) is 0 Å². The lowest BCUT2D eigenvalue weighted by atomic mass is 10.2. The molecule has 2 aromatic carbocycles. The zero-order valence-electron chi connectivity index (χ0n) is 10.2. The molecule has 0 spiro atoms. The normalized spacial score (nSPS) is 13.9. The summed E-state index contributed by atoms with van der Waals surface area (Å²) in [6.45, 7) is 0. The molecule has 2 unspecified atom stereocenters. The van der Waals surface area contributed by atoms with Gasteiger partial charge in [-0.15, -0.1) is 0 Å². The number of hydrogen-bond acceptors (Lipinski definition) is 3. The fraction of sp³-hybridized carbons (Fsp3) is 0.0769. The fourth-order valence-electron chi connectivity index (χ4n) is 1.62. The number of phenolic OH excluding ortho intramolecular Hbond substituents is 1. The van der Waals surface area contributed by atoms with Gasteiger partial charge in [0.1, 0.15) is 5.75 Å². The first-order valence-electron chi connectivity index (χ1n) is 5.54. The number of phenols is 1. The summed E-state index contributed by atoms with van der Waals surface area (Å²) in [5.41, 5.74) is 0.668. The predicted molar refractivity (Wildman–Crippen MR) is 78.7 cm³/mol. The molecule has 0 bridgehead atoms. The molecule has 0 aliphatic rings. The average molecular weight is 331 g/mol. The van der Waals surface area contributed by atoms with Crippen LogP contribution >= 0.6 is 11.6 Å². The molecule has 0 radical (unpaired) electrons. The highest BCUT2D eigenvalue weighted by molar-refractivity contribution is 7.85. The summed E-state index contributed by atoms with van der Waals surface area (Å²) in [7, 11) is -1.56. The minimum atomic E-state index is -1.91. The minimum absolute atomic E-state index is 0.0231. The van der Waals surface area contributed by atoms with Crippen molar-refractivity contribution in [1.29, 1.82) is 0 Å². The molecule has 106 valence electrons. The van der Waals surface area contributed by atoms with Crippen LogP contribution in [0, 0.1) is 0 Å². The Labute approximate surface area is 126 Å². The van der Waals surface area contributed by atoms with Gasteiger partial charge in [0.2, 0.25) is 0 Å². The second-order valence-corrected chi connectivity index (χ2v) is 6.81. The van der Waals surface area contributed by atoms with Crippen LogP contribution in [0.3, 0.4) is 0 Å². The Bertz CT molecular complexity index is 671. The van der Waals surface area contributed by atoms with E-state index in [0.29, 0.717) is 15.5 Å². The van der Waals surface area contributed by atoms with Crippen molar-refractivity contribution in [2.75, 3.05) is 0 Å². The molecule has 0 aromatic heterocycles. The Morgan fingerprint density at radius 3 is 2.30 bits per heavy atom. The van der Waals surface area contributed by atoms with E-state index in [0.717, 1.165) is 0 Å². The molecule has 2 rings (SSSR count). The number of hydrogen-bond donors (Lipinski definition) is 2. The third-order valence-electron chi connectivity index (χ3n) is 2.55. The van der Waals surface area contributed by atoms with E-state index < -0.39 is 21.9 Å². The van der Waals surface area contributed by atoms with Gasteiger partial charge < -0.3 is 9.66 Å². The number of halogens is 1. The largest absolute Gasteiger partial charge is 0.507 e. The van der Waals surface area contributed by atoms with Gasteiger partial charge >= 0.3 is 0 Å². The molecule has 2 aromatic rings. The lowest BCUT2D eigenvalue weighted by molar-refractivity contribution is 0.461. The SMILES string of the molecule is O=S(O)Cc1ccc(S(=O)c2cc(Cl)ccc2O)cc1. The molecule has 0 fully saturated rings. The van der Waals surface area contributed by atoms with Crippen molar-refractivity contribution in [2.45, 2.75) is 15.5 Å². The van der Waals surface area contributed by atoms with Crippen molar-refractivity contribution < 1.29 is 18.1 Å². The van der Waals surface area contributed by atoms with Gasteiger partial charge in [0.15, 0.2) is 11.1 Å². The van der Waals surface area contributed by atoms with Gasteiger partial charge in [-0.25, -0.2) is 8.42 Å². The predicted octanol–water partition coefficient (Wildman–Crippen LogP) is 2.93. The van der Waals surface area contributed by atoms with Gasteiger partial charge in [-0.05, 0) is 35.9 Å². The van der Waals surface area contributed by atoms with Crippen LogP contribution < -0.4 is 0 Å². The summed E-state index contributed by atoms with van der Waals surface area (Å²) in [5.74, 6) is -0.0664. The highest BCUT2D eigenvalue weighted by Gasteiger charge is 2.12. The molecule has 0 aliphatic carbocycles. The van der Waals surface area contributed by atoms with Gasteiger partial charge in [-0.1, -0.05) is 23.7 Å². The van der Waals surface area contributed by atoms with E-state index in [9.17, 15) is 13.5 Å². The zero-order valence-corrected chi connectivity index (χ0v) is 12.5. The van der Waals surface area contributed by atoms with E-state index in [1.165, 1.54) is 18.2 Å². The van der Waals surface area contributed by atoms with Crippen molar-refractivity contribution in [1.82, 2.24) is 0 Å². The Balaban J connectivity index is 2.29. The van der Waals surface area contributed by atoms with Crippen LogP contribution in [0.5, 0.6) is 5.75 Å². The van der Waals surface area contributed by atoms with E-state index in [2.05, 4.69) is 0 Å². The molecular formula is C13H11ClO4S2. The van der Waals surface area contributed by atoms with E-state index in [1.54, 1.807) is 24.3 Å². The van der Waals surface area contributed by atoms with Crippen LogP contribution in [0.25, 0.3) is 0 Å². The number of rotatable bonds is 4. The molecule has 7 heteroatoms. The Morgan fingerprint density at radius 2 is 1.70 bits per heavy atom. The highest BCUT2D eigenvalue weighted by Crippen LogP contribution is 2.28. The summed E-state index contributed by atoms with van der Waals surface area (Å²) in [5, 5.41) is 10.1. The van der Waals surface area contributed by atoms with Gasteiger partial charge in [-0.2, -0.15) is 0 Å². The average Bonchev–Trinajstić information content (AvgIpc) is 2.41. The van der Waals surface area contributed by atoms with Crippen molar-refractivity contribution >= 4 is 33.5 Å². The second kappa shape index (κ2) is 6.49. The summed E-state index contributed by atoms with van der Waals surface area (Å²) < 4.78 is 31.8. The van der Waals surface area contributed by atoms with Crippen LogP contribution in [0.15, 0.2) is 52.3 Å². The summed E-state index contributed by atoms with van der Waals surface area (Å²) in [6, 6.07) is 10.8. The molecule has 0 saturated heterocycles. The number of aromatic hydroxyl groups is 1. The smallest absolute Gasteiger partial charge is 0.157 e. The first-order valence-corrected chi connectivity index (χ1v) is 8.34. The third kappa shape index (κ3) is 3.67. The summed E-state index contributed by atoms with van der Waals surface area (Å²) in [4.78, 5) is 0.714. The van der Waals surface area contributed by atoms with E-state index in [4.69, 9.17) is 16.2 Å². The third-order valence-corrected chi connectivity index (χ3v) is 4.79. The quantitative estimate of drug-likeness (QED) is 0.845. The molecule has 2 atom stereocenters. The fourth-order valence-corrected chi connectivity index (χ4v) is 3.46. The number of benzene rings is 2. The lowest BCUT2D eigenvalue weighted by Gasteiger charge is -2.06. The van der Waals surface area contributed by atoms with E-state index >= 15 is 0 Å². The van der Waals surface area contributed by atoms with Crippen molar-refractivity contribution in [3.05, 3.63) is 53.1 Å². The minimum Gasteiger partial charge on any atom is -0.507 e. The van der Waals surface area contributed by atoms with Gasteiger partial charge in [0.05, 0.1) is 21.4 Å². The van der Waals surface area contributed by atoms with Crippen molar-refractivity contribution in [3.63, 3.8) is 0 Å². The first-order chi connectivity index (χ1) is 9.47. The molecule has 2 N–H and O–H groups in total. The van der Waals surface area contributed by atoms with Gasteiger partial charge in [0.25, 0.3) is 0 Å². The molecule has 0 aliphatic heterocycles. The molecule has 20 heavy (non-hydrogen) atoms. The van der Waals surface area contributed by atoms with Crippen LogP contribution in [0.1, 0.15) is 5.56 Å². The Kier molecular flexibility index (Phi) is 4.93. The maximum absolute atomic E-state index is 12.3. The first kappa shape index (κ1) is 15.2. The highest BCUT2D eigenvalue weighted by atomic mass is 35.5. The van der Waals surface area contributed by atoms with Crippen LogP contribution in [-0.4, -0.2) is 18.1 Å². The van der Waals surface area contributed by atoms with Crippen molar-refractivity contribution in [3.8, 4) is 5.75 Å². The van der Waals surface area contributed by atoms with Crippen LogP contribution in [-0.2, 0) is 27.6 Å². The maximum Gasteiger partial charge on any atom is 0.157 e. The lowest BCUT2D eigenvalue weighted by Crippen LogP contribution is -1.96.